The molecule has 1 saturated heterocycles. The van der Waals surface area contributed by atoms with Crippen molar-refractivity contribution < 1.29 is 32.2 Å². The highest BCUT2D eigenvalue weighted by Crippen LogP contribution is 2.31. The number of nitrogens with zero attached hydrogens (tertiary/aromatic N) is 1. The summed E-state index contributed by atoms with van der Waals surface area (Å²) in [7, 11) is 1.53. The van der Waals surface area contributed by atoms with Crippen LogP contribution in [0.5, 0.6) is 11.5 Å². The van der Waals surface area contributed by atoms with E-state index in [1.807, 2.05) is 6.92 Å². The Morgan fingerprint density at radius 2 is 2.00 bits per heavy atom. The third-order valence-corrected chi connectivity index (χ3v) is 5.42. The Labute approximate surface area is 196 Å². The van der Waals surface area contributed by atoms with E-state index in [0.717, 1.165) is 12.1 Å². The lowest BCUT2D eigenvalue weighted by Gasteiger charge is -2.25. The summed E-state index contributed by atoms with van der Waals surface area (Å²) in [5.74, 6) is 0.511. The smallest absolute Gasteiger partial charge is 0.416 e. The fourth-order valence-electron chi connectivity index (χ4n) is 3.74. The first-order chi connectivity index (χ1) is 16.2. The highest BCUT2D eigenvalue weighted by molar-refractivity contribution is 5.92. The Kier molecular flexibility index (Phi) is 8.20. The molecular weight excluding hydrogens is 449 g/mol. The van der Waals surface area contributed by atoms with Gasteiger partial charge in [-0.2, -0.15) is 13.2 Å². The van der Waals surface area contributed by atoms with Gasteiger partial charge in [-0.15, -0.1) is 0 Å². The summed E-state index contributed by atoms with van der Waals surface area (Å²) in [5, 5.41) is 2.75. The number of carbonyl (C=O) groups is 2. The summed E-state index contributed by atoms with van der Waals surface area (Å²) >= 11 is 0. The second kappa shape index (κ2) is 11.1. The molecule has 1 N–H and O–H groups in total. The second-order valence-electron chi connectivity index (χ2n) is 7.80. The number of halogens is 3. The Balaban J connectivity index is 1.80. The first-order valence-electron chi connectivity index (χ1n) is 11.0. The molecule has 0 saturated carbocycles. The summed E-state index contributed by atoms with van der Waals surface area (Å²) in [4.78, 5) is 26.4. The van der Waals surface area contributed by atoms with Gasteiger partial charge in [0.15, 0.2) is 11.5 Å². The van der Waals surface area contributed by atoms with E-state index in [1.54, 1.807) is 29.2 Å². The third-order valence-electron chi connectivity index (χ3n) is 5.42. The van der Waals surface area contributed by atoms with Crippen molar-refractivity contribution in [1.29, 1.82) is 0 Å². The van der Waals surface area contributed by atoms with E-state index in [0.29, 0.717) is 43.1 Å². The molecule has 1 aliphatic rings. The zero-order valence-corrected chi connectivity index (χ0v) is 19.0. The van der Waals surface area contributed by atoms with Crippen LogP contribution < -0.4 is 14.8 Å². The normalized spacial score (nSPS) is 15.0. The first-order valence-corrected chi connectivity index (χ1v) is 11.0. The summed E-state index contributed by atoms with van der Waals surface area (Å²) in [5.41, 5.74) is 0.151. The lowest BCUT2D eigenvalue weighted by atomic mass is 10.0. The van der Waals surface area contributed by atoms with E-state index in [9.17, 15) is 22.8 Å². The number of alkyl halides is 3. The molecule has 1 heterocycles. The number of rotatable bonds is 9. The van der Waals surface area contributed by atoms with E-state index in [4.69, 9.17) is 9.47 Å². The molecule has 2 aromatic carbocycles. The summed E-state index contributed by atoms with van der Waals surface area (Å²) in [6.45, 7) is 2.88. The van der Waals surface area contributed by atoms with Crippen LogP contribution in [0.15, 0.2) is 48.5 Å². The van der Waals surface area contributed by atoms with Crippen LogP contribution in [-0.4, -0.2) is 43.5 Å². The van der Waals surface area contributed by atoms with Gasteiger partial charge >= 0.3 is 6.18 Å². The molecule has 34 heavy (non-hydrogen) atoms. The summed E-state index contributed by atoms with van der Waals surface area (Å²) < 4.78 is 50.5. The highest BCUT2D eigenvalue weighted by Gasteiger charge is 2.32. The topological polar surface area (TPSA) is 67.9 Å². The average Bonchev–Trinajstić information content (AvgIpc) is 3.21. The van der Waals surface area contributed by atoms with E-state index < -0.39 is 23.7 Å². The number of hydrogen-bond donors (Lipinski definition) is 1. The summed E-state index contributed by atoms with van der Waals surface area (Å²) in [6.07, 6.45) is -0.573. The standard InChI is InChI=1S/C25H27F3N2O4/c1-3-34-22-14-17(9-11-21(22)33-2)10-12-23(31)29-20(16-30-13-5-8-24(30)32)18-6-4-7-19(15-18)25(26,27)28/h4,6-7,9-12,14-15,20H,3,5,8,13,16H2,1-2H3,(H,29,31)/b12-10+. The lowest BCUT2D eigenvalue weighted by Crippen LogP contribution is -2.38. The molecule has 182 valence electrons. The fraction of sp³-hybridized carbons (Fsp3) is 0.360. The number of likely N-dealkylation sites (tertiary alicyclic amines) is 1. The van der Waals surface area contributed by atoms with Crippen LogP contribution in [-0.2, 0) is 15.8 Å². The van der Waals surface area contributed by atoms with Crippen LogP contribution in [0.1, 0.15) is 42.5 Å². The minimum Gasteiger partial charge on any atom is -0.493 e. The number of hydrogen-bond acceptors (Lipinski definition) is 4. The minimum absolute atomic E-state index is 0.0801. The molecule has 1 unspecified atom stereocenters. The van der Waals surface area contributed by atoms with Crippen LogP contribution in [0, 0.1) is 0 Å². The van der Waals surface area contributed by atoms with Crippen LogP contribution >= 0.6 is 0 Å². The Morgan fingerprint density at radius 3 is 2.65 bits per heavy atom. The number of amides is 2. The molecule has 2 aromatic rings. The zero-order chi connectivity index (χ0) is 24.7. The van der Waals surface area contributed by atoms with Gasteiger partial charge in [-0.05, 0) is 54.8 Å². The zero-order valence-electron chi connectivity index (χ0n) is 19.0. The molecule has 2 amide bonds. The molecule has 1 aliphatic heterocycles. The van der Waals surface area contributed by atoms with Gasteiger partial charge in [0.1, 0.15) is 0 Å². The first kappa shape index (κ1) is 25.1. The van der Waals surface area contributed by atoms with Crippen molar-refractivity contribution in [3.8, 4) is 11.5 Å². The van der Waals surface area contributed by atoms with Crippen LogP contribution in [0.25, 0.3) is 6.08 Å². The van der Waals surface area contributed by atoms with Gasteiger partial charge in [-0.3, -0.25) is 9.59 Å². The third kappa shape index (κ3) is 6.52. The fourth-order valence-corrected chi connectivity index (χ4v) is 3.74. The van der Waals surface area contributed by atoms with Crippen LogP contribution in [0.4, 0.5) is 13.2 Å². The monoisotopic (exact) mass is 476 g/mol. The van der Waals surface area contributed by atoms with Crippen LogP contribution in [0.2, 0.25) is 0 Å². The minimum atomic E-state index is -4.51. The largest absolute Gasteiger partial charge is 0.493 e. The molecule has 0 aliphatic carbocycles. The van der Waals surface area contributed by atoms with Gasteiger partial charge in [-0.1, -0.05) is 18.2 Å². The van der Waals surface area contributed by atoms with Gasteiger partial charge in [-0.25, -0.2) is 0 Å². The molecule has 0 radical (unpaired) electrons. The van der Waals surface area contributed by atoms with Crippen molar-refractivity contribution in [2.24, 2.45) is 0 Å². The predicted octanol–water partition coefficient (Wildman–Crippen LogP) is 4.61. The van der Waals surface area contributed by atoms with Gasteiger partial charge in [0.05, 0.1) is 25.3 Å². The van der Waals surface area contributed by atoms with E-state index >= 15 is 0 Å². The highest BCUT2D eigenvalue weighted by atomic mass is 19.4. The molecule has 3 rings (SSSR count). The van der Waals surface area contributed by atoms with Gasteiger partial charge in [0.2, 0.25) is 11.8 Å². The van der Waals surface area contributed by atoms with Crippen molar-refractivity contribution in [2.45, 2.75) is 32.0 Å². The molecule has 0 spiro atoms. The maximum absolute atomic E-state index is 13.2. The average molecular weight is 476 g/mol. The molecular formula is C25H27F3N2O4. The van der Waals surface area contributed by atoms with E-state index in [1.165, 1.54) is 25.3 Å². The van der Waals surface area contributed by atoms with Gasteiger partial charge < -0.3 is 19.7 Å². The predicted molar refractivity (Wildman–Crippen MR) is 121 cm³/mol. The Hall–Kier alpha value is -3.49. The quantitative estimate of drug-likeness (QED) is 0.537. The number of ether oxygens (including phenoxy) is 2. The molecule has 1 atom stereocenters. The lowest BCUT2D eigenvalue weighted by molar-refractivity contribution is -0.137. The number of benzene rings is 2. The maximum Gasteiger partial charge on any atom is 0.416 e. The number of carbonyl (C=O) groups excluding carboxylic acids is 2. The van der Waals surface area contributed by atoms with Crippen molar-refractivity contribution in [3.63, 3.8) is 0 Å². The summed E-state index contributed by atoms with van der Waals surface area (Å²) in [6, 6.07) is 9.19. The molecule has 0 bridgehead atoms. The molecule has 0 aromatic heterocycles. The van der Waals surface area contributed by atoms with Crippen molar-refractivity contribution in [3.05, 3.63) is 65.2 Å². The number of nitrogens with one attached hydrogen (secondary N) is 1. The van der Waals surface area contributed by atoms with E-state index in [-0.39, 0.29) is 18.0 Å². The van der Waals surface area contributed by atoms with Crippen molar-refractivity contribution >= 4 is 17.9 Å². The molecule has 6 nitrogen and oxygen atoms in total. The van der Waals surface area contributed by atoms with Crippen molar-refractivity contribution in [1.82, 2.24) is 10.2 Å². The molecule has 1 fully saturated rings. The van der Waals surface area contributed by atoms with Gasteiger partial charge in [0.25, 0.3) is 0 Å². The van der Waals surface area contributed by atoms with Crippen molar-refractivity contribution in [2.75, 3.05) is 26.8 Å². The second-order valence-corrected chi connectivity index (χ2v) is 7.80. The maximum atomic E-state index is 13.2. The number of methoxy groups -OCH3 is 1. The van der Waals surface area contributed by atoms with E-state index in [2.05, 4.69) is 5.32 Å². The van der Waals surface area contributed by atoms with Gasteiger partial charge in [0, 0.05) is 25.6 Å². The Bertz CT molecular complexity index is 1050. The molecule has 9 heteroatoms. The Morgan fingerprint density at radius 1 is 1.21 bits per heavy atom. The van der Waals surface area contributed by atoms with Crippen LogP contribution in [0.3, 0.4) is 0 Å². The SMILES string of the molecule is CCOc1cc(/C=C/C(=O)NC(CN2CCCC2=O)c2cccc(C(F)(F)F)c2)ccc1OC.